The highest BCUT2D eigenvalue weighted by molar-refractivity contribution is 6.39. The number of nitrogens with zero attached hydrogens (tertiary/aromatic N) is 4. The van der Waals surface area contributed by atoms with Crippen LogP contribution in [0.5, 0.6) is 5.75 Å². The van der Waals surface area contributed by atoms with E-state index in [0.29, 0.717) is 21.8 Å². The Morgan fingerprint density at radius 1 is 1.06 bits per heavy atom. The Kier molecular flexibility index (Phi) is 7.64. The molecule has 0 radical (unpaired) electrons. The van der Waals surface area contributed by atoms with Gasteiger partial charge in [-0.25, -0.2) is 4.98 Å². The van der Waals surface area contributed by atoms with Crippen molar-refractivity contribution in [3.63, 3.8) is 0 Å². The van der Waals surface area contributed by atoms with Gasteiger partial charge in [0.25, 0.3) is 0 Å². The average molecular weight is 491 g/mol. The molecule has 1 aliphatic rings. The van der Waals surface area contributed by atoms with Crippen molar-refractivity contribution in [1.82, 2.24) is 24.8 Å². The Hall–Kier alpha value is -2.06. The van der Waals surface area contributed by atoms with Gasteiger partial charge in [0.2, 0.25) is 0 Å². The largest absolute Gasteiger partial charge is 0.497 e. The van der Waals surface area contributed by atoms with E-state index in [0.717, 1.165) is 53.6 Å². The molecule has 0 atom stereocenters. The fourth-order valence-corrected chi connectivity index (χ4v) is 5.15. The second kappa shape index (κ2) is 10.5. The number of benzene rings is 1. The number of hydrogen-bond donors (Lipinski definition) is 2. The van der Waals surface area contributed by atoms with Crippen molar-refractivity contribution in [1.29, 1.82) is 0 Å². The quantitative estimate of drug-likeness (QED) is 0.441. The first-order valence-electron chi connectivity index (χ1n) is 11.5. The Morgan fingerprint density at radius 3 is 2.39 bits per heavy atom. The third kappa shape index (κ3) is 5.22. The summed E-state index contributed by atoms with van der Waals surface area (Å²) in [6.45, 7) is 11.3. The molecule has 3 aromatic rings. The summed E-state index contributed by atoms with van der Waals surface area (Å²) < 4.78 is 7.13. The molecular weight excluding hydrogens is 459 g/mol. The first kappa shape index (κ1) is 24.1. The van der Waals surface area contributed by atoms with E-state index in [1.807, 2.05) is 24.4 Å². The third-order valence-electron chi connectivity index (χ3n) is 6.29. The van der Waals surface area contributed by atoms with Gasteiger partial charge >= 0.3 is 0 Å². The van der Waals surface area contributed by atoms with Crippen molar-refractivity contribution in [2.24, 2.45) is 0 Å². The van der Waals surface area contributed by atoms with Gasteiger partial charge in [-0.3, -0.25) is 0 Å². The molecule has 0 amide bonds. The second-order valence-electron chi connectivity index (χ2n) is 8.53. The molecule has 33 heavy (non-hydrogen) atoms. The van der Waals surface area contributed by atoms with E-state index in [9.17, 15) is 0 Å². The normalized spacial score (nSPS) is 15.3. The van der Waals surface area contributed by atoms with E-state index < -0.39 is 0 Å². The van der Waals surface area contributed by atoms with Crippen LogP contribution < -0.4 is 15.4 Å². The predicted octanol–water partition coefficient (Wildman–Crippen LogP) is 4.81. The summed E-state index contributed by atoms with van der Waals surface area (Å²) in [5.74, 6) is 1.51. The van der Waals surface area contributed by atoms with Crippen LogP contribution in [0.15, 0.2) is 18.2 Å². The second-order valence-corrected chi connectivity index (χ2v) is 9.35. The number of ether oxygens (including phenoxy) is 1. The molecule has 2 aromatic heterocycles. The minimum atomic E-state index is 0.508. The number of aromatic nitrogens is 3. The molecule has 1 saturated heterocycles. The minimum Gasteiger partial charge on any atom is -0.497 e. The lowest BCUT2D eigenvalue weighted by Crippen LogP contribution is -2.43. The fraction of sp³-hybridized carbons (Fsp3) is 0.500. The molecule has 0 saturated carbocycles. The van der Waals surface area contributed by atoms with Crippen LogP contribution in [0, 0.1) is 13.8 Å². The summed E-state index contributed by atoms with van der Waals surface area (Å²) in [6, 6.07) is 6.13. The van der Waals surface area contributed by atoms with Gasteiger partial charge in [-0.05, 0) is 58.5 Å². The molecule has 1 aliphatic heterocycles. The summed E-state index contributed by atoms with van der Waals surface area (Å²) in [5.41, 5.74) is 3.98. The number of likely N-dealkylation sites (tertiary alicyclic amines) is 1. The van der Waals surface area contributed by atoms with Gasteiger partial charge in [-0.15, -0.1) is 0 Å². The summed E-state index contributed by atoms with van der Waals surface area (Å²) in [4.78, 5) is 7.27. The van der Waals surface area contributed by atoms with Crippen LogP contribution in [0.4, 0.5) is 5.82 Å². The van der Waals surface area contributed by atoms with Crippen molar-refractivity contribution in [2.75, 3.05) is 45.2 Å². The molecule has 2 N–H and O–H groups in total. The van der Waals surface area contributed by atoms with Gasteiger partial charge in [-0.2, -0.15) is 9.61 Å². The number of aryl methyl sites for hydroxylation is 2. The molecule has 7 nitrogen and oxygen atoms in total. The number of hydrogen-bond acceptors (Lipinski definition) is 6. The zero-order valence-corrected chi connectivity index (χ0v) is 21.2. The van der Waals surface area contributed by atoms with Crippen molar-refractivity contribution in [3.8, 4) is 16.9 Å². The van der Waals surface area contributed by atoms with Crippen LogP contribution >= 0.6 is 23.2 Å². The highest BCUT2D eigenvalue weighted by Gasteiger charge is 2.22. The summed E-state index contributed by atoms with van der Waals surface area (Å²) >= 11 is 13.2. The average Bonchev–Trinajstić information content (AvgIpc) is 3.12. The van der Waals surface area contributed by atoms with Gasteiger partial charge in [-0.1, -0.05) is 30.1 Å². The molecule has 0 aliphatic carbocycles. The maximum absolute atomic E-state index is 6.60. The number of anilines is 1. The monoisotopic (exact) mass is 490 g/mol. The SMILES string of the molecule is CCN1CCC(NCCNc2cc(C)nc3c(-c4c(Cl)cc(OC)cc4Cl)c(C)nn23)CC1. The molecule has 178 valence electrons. The van der Waals surface area contributed by atoms with E-state index in [1.165, 1.54) is 25.9 Å². The van der Waals surface area contributed by atoms with Crippen molar-refractivity contribution >= 4 is 34.7 Å². The van der Waals surface area contributed by atoms with Crippen LogP contribution in [-0.4, -0.2) is 65.4 Å². The number of rotatable bonds is 8. The number of nitrogens with one attached hydrogen (secondary N) is 2. The third-order valence-corrected chi connectivity index (χ3v) is 6.89. The van der Waals surface area contributed by atoms with Gasteiger partial charge in [0.15, 0.2) is 5.65 Å². The van der Waals surface area contributed by atoms with Gasteiger partial charge in [0.1, 0.15) is 11.6 Å². The molecule has 0 spiro atoms. The smallest absolute Gasteiger partial charge is 0.165 e. The number of fused-ring (bicyclic) bond motifs is 1. The zero-order valence-electron chi connectivity index (χ0n) is 19.7. The molecule has 1 fully saturated rings. The van der Waals surface area contributed by atoms with E-state index in [2.05, 4.69) is 22.5 Å². The van der Waals surface area contributed by atoms with Crippen molar-refractivity contribution < 1.29 is 4.74 Å². The summed E-state index contributed by atoms with van der Waals surface area (Å²) in [6.07, 6.45) is 2.41. The zero-order chi connectivity index (χ0) is 23.5. The maximum atomic E-state index is 6.60. The molecule has 4 rings (SSSR count). The lowest BCUT2D eigenvalue weighted by Gasteiger charge is -2.31. The number of piperidine rings is 1. The van der Waals surface area contributed by atoms with Crippen LogP contribution in [0.3, 0.4) is 0 Å². The highest BCUT2D eigenvalue weighted by Crippen LogP contribution is 2.41. The Labute approximate surface area is 205 Å². The Bertz CT molecular complexity index is 1100. The molecule has 9 heteroatoms. The van der Waals surface area contributed by atoms with Crippen molar-refractivity contribution in [3.05, 3.63) is 39.6 Å². The molecule has 0 bridgehead atoms. The van der Waals surface area contributed by atoms with Crippen molar-refractivity contribution in [2.45, 2.75) is 39.7 Å². The maximum Gasteiger partial charge on any atom is 0.165 e. The van der Waals surface area contributed by atoms with E-state index in [4.69, 9.17) is 38.0 Å². The molecule has 1 aromatic carbocycles. The van der Waals surface area contributed by atoms with Gasteiger partial charge in [0, 0.05) is 36.5 Å². The van der Waals surface area contributed by atoms with Crippen LogP contribution in [0.1, 0.15) is 31.2 Å². The highest BCUT2D eigenvalue weighted by atomic mass is 35.5. The lowest BCUT2D eigenvalue weighted by molar-refractivity contribution is 0.207. The summed E-state index contributed by atoms with van der Waals surface area (Å²) in [7, 11) is 1.59. The minimum absolute atomic E-state index is 0.508. The van der Waals surface area contributed by atoms with E-state index in [1.54, 1.807) is 19.2 Å². The predicted molar refractivity (Wildman–Crippen MR) is 136 cm³/mol. The topological polar surface area (TPSA) is 66.7 Å². The number of halogens is 2. The van der Waals surface area contributed by atoms with Crippen LogP contribution in [-0.2, 0) is 0 Å². The Balaban J connectivity index is 1.53. The van der Waals surface area contributed by atoms with E-state index >= 15 is 0 Å². The first-order valence-corrected chi connectivity index (χ1v) is 12.3. The first-order chi connectivity index (χ1) is 15.9. The lowest BCUT2D eigenvalue weighted by atomic mass is 10.1. The molecule has 0 unspecified atom stereocenters. The van der Waals surface area contributed by atoms with E-state index in [-0.39, 0.29) is 0 Å². The van der Waals surface area contributed by atoms with Crippen LogP contribution in [0.25, 0.3) is 16.8 Å². The van der Waals surface area contributed by atoms with Gasteiger partial charge < -0.3 is 20.3 Å². The molecule has 3 heterocycles. The molecular formula is C24H32Cl2N6O. The standard InChI is InChI=1S/C24H32Cl2N6O/c1-5-31-10-6-17(7-11-31)27-8-9-28-21-12-15(2)29-24-22(16(3)30-32(21)24)23-19(25)13-18(33-4)14-20(23)26/h12-14,17,27-28H,5-11H2,1-4H3. The Morgan fingerprint density at radius 2 is 1.76 bits per heavy atom. The van der Waals surface area contributed by atoms with Crippen LogP contribution in [0.2, 0.25) is 10.0 Å². The number of methoxy groups -OCH3 is 1. The fourth-order valence-electron chi connectivity index (χ4n) is 4.49. The van der Waals surface area contributed by atoms with Gasteiger partial charge in [0.05, 0.1) is 28.4 Å². The summed E-state index contributed by atoms with van der Waals surface area (Å²) in [5, 5.41) is 13.0.